The third-order valence-corrected chi connectivity index (χ3v) is 3.11. The van der Waals surface area contributed by atoms with Gasteiger partial charge in [-0.2, -0.15) is 0 Å². The van der Waals surface area contributed by atoms with E-state index in [2.05, 4.69) is 25.9 Å². The lowest BCUT2D eigenvalue weighted by atomic mass is 10.3. The fourth-order valence-corrected chi connectivity index (χ4v) is 2.09. The average Bonchev–Trinajstić information content (AvgIpc) is 2.22. The van der Waals surface area contributed by atoms with Crippen molar-refractivity contribution in [2.75, 3.05) is 0 Å². The highest BCUT2D eigenvalue weighted by Crippen LogP contribution is 2.25. The van der Waals surface area contributed by atoms with Crippen molar-refractivity contribution in [2.24, 2.45) is 7.05 Å². The predicted molar refractivity (Wildman–Crippen MR) is 62.2 cm³/mol. The first kappa shape index (κ1) is 11.5. The van der Waals surface area contributed by atoms with Crippen molar-refractivity contribution in [3.05, 3.63) is 31.8 Å². The summed E-state index contributed by atoms with van der Waals surface area (Å²) in [6.45, 7) is 1.65. The molecule has 0 unspecified atom stereocenters. The molecule has 0 spiro atoms. The van der Waals surface area contributed by atoms with Gasteiger partial charge in [-0.15, -0.1) is 0 Å². The van der Waals surface area contributed by atoms with Crippen LogP contribution < -0.4 is 5.56 Å². The Morgan fingerprint density at radius 1 is 1.44 bits per heavy atom. The number of aryl methyl sites for hydroxylation is 1. The maximum Gasteiger partial charge on any atom is 0.264 e. The van der Waals surface area contributed by atoms with Crippen LogP contribution in [-0.2, 0) is 7.05 Å². The molecule has 0 aliphatic heterocycles. The Kier molecular flexibility index (Phi) is 2.71. The number of nitrogens with zero attached hydrogens (tertiary/aromatic N) is 3. The highest BCUT2D eigenvalue weighted by atomic mass is 79.9. The summed E-state index contributed by atoms with van der Waals surface area (Å²) >= 11 is 8.67. The summed E-state index contributed by atoms with van der Waals surface area (Å²) in [6, 6.07) is 0. The Morgan fingerprint density at radius 2 is 2.06 bits per heavy atom. The van der Waals surface area contributed by atoms with Crippen LogP contribution in [-0.4, -0.2) is 14.5 Å². The summed E-state index contributed by atoms with van der Waals surface area (Å²) in [4.78, 5) is 19.7. The highest BCUT2D eigenvalue weighted by Gasteiger charge is 2.17. The van der Waals surface area contributed by atoms with Crippen LogP contribution in [0.5, 0.6) is 0 Å². The van der Waals surface area contributed by atoms with Gasteiger partial charge in [-0.25, -0.2) is 14.4 Å². The molecule has 2 aromatic rings. The van der Waals surface area contributed by atoms with Gasteiger partial charge in [0.25, 0.3) is 5.56 Å². The first-order valence-corrected chi connectivity index (χ1v) is 5.48. The van der Waals surface area contributed by atoms with Gasteiger partial charge in [-0.1, -0.05) is 11.6 Å². The monoisotopic (exact) mass is 305 g/mol. The maximum absolute atomic E-state index is 13.7. The van der Waals surface area contributed by atoms with E-state index in [0.717, 1.165) is 0 Å². The molecule has 2 rings (SSSR count). The van der Waals surface area contributed by atoms with Crippen LogP contribution in [0, 0.1) is 12.7 Å². The second kappa shape index (κ2) is 3.78. The van der Waals surface area contributed by atoms with Crippen LogP contribution in [0.25, 0.3) is 10.9 Å². The Hall–Kier alpha value is -1.01. The SMILES string of the molecule is Cc1nc2c(Br)nc(Cl)c(F)c2c(=O)n1C. The molecule has 0 saturated carbocycles. The predicted octanol–water partition coefficient (Wildman–Crippen LogP) is 2.19. The summed E-state index contributed by atoms with van der Waals surface area (Å²) < 4.78 is 15.2. The minimum absolute atomic E-state index is 0.153. The van der Waals surface area contributed by atoms with E-state index in [-0.39, 0.29) is 20.7 Å². The van der Waals surface area contributed by atoms with E-state index in [4.69, 9.17) is 11.6 Å². The molecule has 2 heterocycles. The average molecular weight is 307 g/mol. The summed E-state index contributed by atoms with van der Waals surface area (Å²) in [7, 11) is 1.52. The van der Waals surface area contributed by atoms with E-state index in [1.807, 2.05) is 0 Å². The van der Waals surface area contributed by atoms with Crippen molar-refractivity contribution in [2.45, 2.75) is 6.92 Å². The van der Waals surface area contributed by atoms with E-state index in [1.165, 1.54) is 11.6 Å². The molecule has 0 saturated heterocycles. The van der Waals surface area contributed by atoms with Crippen LogP contribution in [0.1, 0.15) is 5.82 Å². The van der Waals surface area contributed by atoms with E-state index in [0.29, 0.717) is 5.82 Å². The molecular weight excluding hydrogens is 300 g/mol. The molecule has 0 radical (unpaired) electrons. The van der Waals surface area contributed by atoms with Gasteiger partial charge in [0.2, 0.25) is 0 Å². The molecule has 84 valence electrons. The van der Waals surface area contributed by atoms with Crippen LogP contribution in [0.15, 0.2) is 9.40 Å². The molecule has 7 heteroatoms. The van der Waals surface area contributed by atoms with Gasteiger partial charge in [0.15, 0.2) is 11.0 Å². The van der Waals surface area contributed by atoms with Crippen molar-refractivity contribution in [3.63, 3.8) is 0 Å². The first-order chi connectivity index (χ1) is 7.43. The zero-order chi connectivity index (χ0) is 12.0. The molecule has 16 heavy (non-hydrogen) atoms. The van der Waals surface area contributed by atoms with E-state index < -0.39 is 11.4 Å². The van der Waals surface area contributed by atoms with Crippen molar-refractivity contribution >= 4 is 38.4 Å². The van der Waals surface area contributed by atoms with E-state index in [9.17, 15) is 9.18 Å². The fourth-order valence-electron chi connectivity index (χ4n) is 1.35. The van der Waals surface area contributed by atoms with Gasteiger partial charge in [-0.3, -0.25) is 9.36 Å². The largest absolute Gasteiger partial charge is 0.299 e. The standard InChI is InChI=1S/C9H6BrClFN3O/c1-3-13-6-4(9(16)15(3)2)5(12)8(11)14-7(6)10/h1-2H3. The topological polar surface area (TPSA) is 47.8 Å². The van der Waals surface area contributed by atoms with Crippen molar-refractivity contribution < 1.29 is 4.39 Å². The Balaban J connectivity index is 3.14. The number of hydrogen-bond donors (Lipinski definition) is 0. The molecule has 0 aliphatic carbocycles. The molecule has 4 nitrogen and oxygen atoms in total. The number of aromatic nitrogens is 3. The van der Waals surface area contributed by atoms with Crippen molar-refractivity contribution in [1.29, 1.82) is 0 Å². The number of fused-ring (bicyclic) bond motifs is 1. The van der Waals surface area contributed by atoms with Crippen LogP contribution in [0.2, 0.25) is 5.15 Å². The lowest BCUT2D eigenvalue weighted by Crippen LogP contribution is -2.22. The van der Waals surface area contributed by atoms with Gasteiger partial charge in [0, 0.05) is 7.05 Å². The first-order valence-electron chi connectivity index (χ1n) is 4.31. The lowest BCUT2D eigenvalue weighted by molar-refractivity contribution is 0.629. The van der Waals surface area contributed by atoms with Gasteiger partial charge in [-0.05, 0) is 22.9 Å². The second-order valence-corrected chi connectivity index (χ2v) is 4.36. The third kappa shape index (κ3) is 1.53. The molecule has 0 atom stereocenters. The fraction of sp³-hybridized carbons (Fsp3) is 0.222. The third-order valence-electron chi connectivity index (χ3n) is 2.31. The Morgan fingerprint density at radius 3 is 2.69 bits per heavy atom. The summed E-state index contributed by atoms with van der Waals surface area (Å²) in [5.41, 5.74) is -0.299. The van der Waals surface area contributed by atoms with Crippen molar-refractivity contribution in [1.82, 2.24) is 14.5 Å². The maximum atomic E-state index is 13.7. The minimum atomic E-state index is -0.840. The van der Waals surface area contributed by atoms with Crippen LogP contribution in [0.4, 0.5) is 4.39 Å². The molecule has 0 bridgehead atoms. The van der Waals surface area contributed by atoms with Crippen LogP contribution >= 0.6 is 27.5 Å². The zero-order valence-corrected chi connectivity index (χ0v) is 10.7. The molecule has 2 aromatic heterocycles. The molecule has 0 aliphatic rings. The van der Waals surface area contributed by atoms with E-state index in [1.54, 1.807) is 6.92 Å². The number of pyridine rings is 1. The molecule has 0 amide bonds. The highest BCUT2D eigenvalue weighted by molar-refractivity contribution is 9.10. The van der Waals surface area contributed by atoms with Gasteiger partial charge < -0.3 is 0 Å². The van der Waals surface area contributed by atoms with Crippen LogP contribution in [0.3, 0.4) is 0 Å². The molecular formula is C9H6BrClFN3O. The number of rotatable bonds is 0. The molecule has 0 fully saturated rings. The summed E-state index contributed by atoms with van der Waals surface area (Å²) in [5, 5.41) is -0.498. The summed E-state index contributed by atoms with van der Waals surface area (Å²) in [5.74, 6) is -0.366. The van der Waals surface area contributed by atoms with Gasteiger partial charge in [0.05, 0.1) is 0 Å². The Bertz CT molecular complexity index is 655. The minimum Gasteiger partial charge on any atom is -0.299 e. The molecule has 0 N–H and O–H groups in total. The Labute approximate surface area is 103 Å². The van der Waals surface area contributed by atoms with Crippen molar-refractivity contribution in [3.8, 4) is 0 Å². The normalized spacial score (nSPS) is 11.1. The zero-order valence-electron chi connectivity index (χ0n) is 8.38. The molecule has 0 aromatic carbocycles. The smallest absolute Gasteiger partial charge is 0.264 e. The van der Waals surface area contributed by atoms with Gasteiger partial charge in [0.1, 0.15) is 21.3 Å². The van der Waals surface area contributed by atoms with Gasteiger partial charge >= 0.3 is 0 Å². The number of hydrogen-bond acceptors (Lipinski definition) is 3. The number of halogens is 3. The second-order valence-electron chi connectivity index (χ2n) is 3.25. The lowest BCUT2D eigenvalue weighted by Gasteiger charge is -2.07. The summed E-state index contributed by atoms with van der Waals surface area (Å²) in [6.07, 6.45) is 0. The van der Waals surface area contributed by atoms with E-state index >= 15 is 0 Å². The quantitative estimate of drug-likeness (QED) is 0.701.